The third kappa shape index (κ3) is 4.20. The molecule has 0 bridgehead atoms. The molecule has 2 aromatic heterocycles. The summed E-state index contributed by atoms with van der Waals surface area (Å²) >= 11 is 6.05. The smallest absolute Gasteiger partial charge is 0.319 e. The minimum Gasteiger partial charge on any atom is -0.619 e. The van der Waals surface area contributed by atoms with Crippen LogP contribution in [0.4, 0.5) is 5.82 Å². The number of hydrogen-bond acceptors (Lipinski definition) is 6. The molecule has 3 heterocycles. The Balaban J connectivity index is 1.63. The summed E-state index contributed by atoms with van der Waals surface area (Å²) in [7, 11) is 0. The average molecular weight is 337 g/mol. The van der Waals surface area contributed by atoms with Crippen LogP contribution in [-0.4, -0.2) is 42.9 Å². The van der Waals surface area contributed by atoms with Crippen molar-refractivity contribution in [1.29, 1.82) is 0 Å². The zero-order valence-electron chi connectivity index (χ0n) is 12.5. The summed E-state index contributed by atoms with van der Waals surface area (Å²) in [6.07, 6.45) is 1.93. The van der Waals surface area contributed by atoms with Crippen molar-refractivity contribution in [2.45, 2.75) is 6.42 Å². The summed E-state index contributed by atoms with van der Waals surface area (Å²) in [4.78, 5) is 10.5. The van der Waals surface area contributed by atoms with Crippen LogP contribution >= 0.6 is 11.6 Å². The van der Waals surface area contributed by atoms with E-state index in [0.29, 0.717) is 37.1 Å². The fourth-order valence-corrected chi connectivity index (χ4v) is 2.48. The van der Waals surface area contributed by atoms with E-state index < -0.39 is 0 Å². The number of anilines is 1. The molecule has 2 aromatic rings. The van der Waals surface area contributed by atoms with Crippen molar-refractivity contribution < 1.29 is 14.2 Å². The van der Waals surface area contributed by atoms with Gasteiger partial charge in [0.2, 0.25) is 0 Å². The van der Waals surface area contributed by atoms with Gasteiger partial charge in [-0.1, -0.05) is 17.7 Å². The summed E-state index contributed by atoms with van der Waals surface area (Å²) in [6, 6.07) is 7.19. The van der Waals surface area contributed by atoms with Gasteiger partial charge in [-0.25, -0.2) is 0 Å². The van der Waals surface area contributed by atoms with E-state index in [1.807, 2.05) is 6.07 Å². The SMILES string of the molecule is [O-][n+]1ccccc1CCOc1nc(Cl)cc(N2CCOCC2)n1. The van der Waals surface area contributed by atoms with Crippen LogP contribution in [0, 0.1) is 5.21 Å². The van der Waals surface area contributed by atoms with Crippen molar-refractivity contribution in [2.24, 2.45) is 0 Å². The number of aromatic nitrogens is 3. The van der Waals surface area contributed by atoms with E-state index >= 15 is 0 Å². The number of morpholine rings is 1. The first-order valence-electron chi connectivity index (χ1n) is 7.39. The van der Waals surface area contributed by atoms with Crippen LogP contribution in [0.15, 0.2) is 30.5 Å². The largest absolute Gasteiger partial charge is 0.619 e. The second-order valence-electron chi connectivity index (χ2n) is 5.05. The maximum absolute atomic E-state index is 11.6. The number of rotatable bonds is 5. The van der Waals surface area contributed by atoms with E-state index in [2.05, 4.69) is 14.9 Å². The molecule has 1 aliphatic rings. The van der Waals surface area contributed by atoms with Gasteiger partial charge in [0.25, 0.3) is 0 Å². The Hall–Kier alpha value is -2.12. The van der Waals surface area contributed by atoms with Crippen LogP contribution in [0.3, 0.4) is 0 Å². The van der Waals surface area contributed by atoms with E-state index in [9.17, 15) is 5.21 Å². The Morgan fingerprint density at radius 3 is 2.91 bits per heavy atom. The Bertz CT molecular complexity index is 665. The lowest BCUT2D eigenvalue weighted by molar-refractivity contribution is -0.614. The van der Waals surface area contributed by atoms with Crippen molar-refractivity contribution in [1.82, 2.24) is 9.97 Å². The molecule has 1 fully saturated rings. The minimum atomic E-state index is 0.215. The van der Waals surface area contributed by atoms with Gasteiger partial charge in [-0.05, 0) is 0 Å². The average Bonchev–Trinajstić information content (AvgIpc) is 2.57. The lowest BCUT2D eigenvalue weighted by Crippen LogP contribution is -2.36. The van der Waals surface area contributed by atoms with Crippen molar-refractivity contribution in [2.75, 3.05) is 37.8 Å². The third-order valence-corrected chi connectivity index (χ3v) is 3.68. The highest BCUT2D eigenvalue weighted by atomic mass is 35.5. The van der Waals surface area contributed by atoms with Crippen LogP contribution in [0.2, 0.25) is 5.15 Å². The van der Waals surface area contributed by atoms with Crippen LogP contribution in [0.1, 0.15) is 5.69 Å². The maximum atomic E-state index is 11.6. The molecule has 0 saturated carbocycles. The van der Waals surface area contributed by atoms with Gasteiger partial charge in [-0.15, -0.1) is 0 Å². The zero-order chi connectivity index (χ0) is 16.1. The van der Waals surface area contributed by atoms with Crippen molar-refractivity contribution in [3.63, 3.8) is 0 Å². The molecule has 7 nitrogen and oxygen atoms in total. The molecule has 3 rings (SSSR count). The van der Waals surface area contributed by atoms with E-state index in [1.54, 1.807) is 18.2 Å². The Labute approximate surface area is 139 Å². The highest BCUT2D eigenvalue weighted by Gasteiger charge is 2.15. The van der Waals surface area contributed by atoms with Gasteiger partial charge in [0.1, 0.15) is 17.6 Å². The second kappa shape index (κ2) is 7.43. The van der Waals surface area contributed by atoms with Crippen molar-refractivity contribution in [3.8, 4) is 6.01 Å². The second-order valence-corrected chi connectivity index (χ2v) is 5.43. The first-order chi connectivity index (χ1) is 11.2. The molecule has 0 aromatic carbocycles. The summed E-state index contributed by atoms with van der Waals surface area (Å²) in [6.45, 7) is 3.14. The third-order valence-electron chi connectivity index (χ3n) is 3.49. The van der Waals surface area contributed by atoms with Gasteiger partial charge in [-0.2, -0.15) is 14.7 Å². The number of hydrogen-bond donors (Lipinski definition) is 0. The monoisotopic (exact) mass is 336 g/mol. The molecule has 0 aliphatic carbocycles. The number of ether oxygens (including phenoxy) is 2. The van der Waals surface area contributed by atoms with Gasteiger partial charge < -0.3 is 19.6 Å². The Morgan fingerprint density at radius 2 is 2.13 bits per heavy atom. The maximum Gasteiger partial charge on any atom is 0.319 e. The molecule has 0 spiro atoms. The first-order valence-corrected chi connectivity index (χ1v) is 7.77. The molecule has 8 heteroatoms. The highest BCUT2D eigenvalue weighted by molar-refractivity contribution is 6.29. The van der Waals surface area contributed by atoms with Gasteiger partial charge in [-0.3, -0.25) is 0 Å². The Morgan fingerprint density at radius 1 is 1.30 bits per heavy atom. The molecule has 23 heavy (non-hydrogen) atoms. The summed E-state index contributed by atoms with van der Waals surface area (Å²) in [5.41, 5.74) is 0.628. The van der Waals surface area contributed by atoms with Crippen LogP contribution in [0.25, 0.3) is 0 Å². The minimum absolute atomic E-state index is 0.215. The summed E-state index contributed by atoms with van der Waals surface area (Å²) < 4.78 is 11.7. The van der Waals surface area contributed by atoms with Crippen LogP contribution < -0.4 is 14.4 Å². The fourth-order valence-electron chi connectivity index (χ4n) is 2.31. The van der Waals surface area contributed by atoms with Crippen molar-refractivity contribution >= 4 is 17.4 Å². The number of halogens is 1. The van der Waals surface area contributed by atoms with E-state index in [0.717, 1.165) is 23.6 Å². The number of pyridine rings is 1. The molecule has 0 N–H and O–H groups in total. The highest BCUT2D eigenvalue weighted by Crippen LogP contribution is 2.20. The first kappa shape index (κ1) is 15.8. The van der Waals surface area contributed by atoms with Gasteiger partial charge in [0.05, 0.1) is 19.6 Å². The molecular weight excluding hydrogens is 320 g/mol. The van der Waals surface area contributed by atoms with E-state index in [1.165, 1.54) is 6.20 Å². The molecule has 122 valence electrons. The lowest BCUT2D eigenvalue weighted by Gasteiger charge is -2.27. The molecule has 0 amide bonds. The Kier molecular flexibility index (Phi) is 5.09. The van der Waals surface area contributed by atoms with Crippen LogP contribution in [0.5, 0.6) is 6.01 Å². The van der Waals surface area contributed by atoms with Gasteiger partial charge in [0.15, 0.2) is 11.9 Å². The standard InChI is InChI=1S/C15H17ClN4O3/c16-13-11-14(19-6-9-22-10-7-19)18-15(17-13)23-8-4-12-3-1-2-5-20(12)21/h1-3,5,11H,4,6-10H2. The van der Waals surface area contributed by atoms with Crippen LogP contribution in [-0.2, 0) is 11.2 Å². The molecule has 1 aliphatic heterocycles. The van der Waals surface area contributed by atoms with Gasteiger partial charge in [0, 0.05) is 31.3 Å². The molecule has 1 saturated heterocycles. The molecule has 0 atom stereocenters. The summed E-state index contributed by atoms with van der Waals surface area (Å²) in [5, 5.41) is 11.9. The predicted octanol–water partition coefficient (Wildman–Crippen LogP) is 1.22. The van der Waals surface area contributed by atoms with E-state index in [4.69, 9.17) is 21.1 Å². The predicted molar refractivity (Wildman–Crippen MR) is 84.7 cm³/mol. The topological polar surface area (TPSA) is 74.4 Å². The van der Waals surface area contributed by atoms with Crippen molar-refractivity contribution in [3.05, 3.63) is 46.5 Å². The lowest BCUT2D eigenvalue weighted by atomic mass is 10.3. The summed E-state index contributed by atoms with van der Waals surface area (Å²) in [5.74, 6) is 0.724. The molecule has 0 radical (unpaired) electrons. The number of nitrogens with zero attached hydrogens (tertiary/aromatic N) is 4. The van der Waals surface area contributed by atoms with E-state index in [-0.39, 0.29) is 6.01 Å². The fraction of sp³-hybridized carbons (Fsp3) is 0.400. The quantitative estimate of drug-likeness (QED) is 0.464. The normalized spacial score (nSPS) is 14.7. The van der Waals surface area contributed by atoms with Gasteiger partial charge >= 0.3 is 6.01 Å². The molecule has 0 unspecified atom stereocenters. The zero-order valence-corrected chi connectivity index (χ0v) is 13.3. The molecular formula is C15H17ClN4O3.